The Morgan fingerprint density at radius 3 is 2.62 bits per heavy atom. The number of anilines is 2. The minimum absolute atomic E-state index is 0.149. The summed E-state index contributed by atoms with van der Waals surface area (Å²) in [7, 11) is 0. The van der Waals surface area contributed by atoms with Gasteiger partial charge in [0, 0.05) is 37.8 Å². The van der Waals surface area contributed by atoms with E-state index in [0.717, 1.165) is 42.9 Å². The number of ether oxygens (including phenoxy) is 2. The Hall–Kier alpha value is -2.44. The fourth-order valence-corrected chi connectivity index (χ4v) is 3.52. The first kappa shape index (κ1) is 17.0. The van der Waals surface area contributed by atoms with Gasteiger partial charge >= 0.3 is 0 Å². The molecule has 4 rings (SSSR count). The van der Waals surface area contributed by atoms with Gasteiger partial charge in [-0.1, -0.05) is 18.2 Å². The topological polar surface area (TPSA) is 63.7 Å². The predicted octanol–water partition coefficient (Wildman–Crippen LogP) is 2.99. The van der Waals surface area contributed by atoms with E-state index in [2.05, 4.69) is 15.2 Å². The largest absolute Gasteiger partial charge is 0.370 e. The summed E-state index contributed by atoms with van der Waals surface area (Å²) in [6.07, 6.45) is 5.06. The number of carbonyl (C=O) groups excluding carboxylic acids is 1. The molecule has 0 unspecified atom stereocenters. The number of aromatic nitrogens is 1. The Labute approximate surface area is 153 Å². The molecular formula is C20H23N3O3. The maximum Gasteiger partial charge on any atom is 0.257 e. The van der Waals surface area contributed by atoms with E-state index in [-0.39, 0.29) is 5.91 Å². The van der Waals surface area contributed by atoms with Crippen LogP contribution in [0.4, 0.5) is 11.4 Å². The van der Waals surface area contributed by atoms with Gasteiger partial charge in [0.25, 0.3) is 5.91 Å². The first-order valence-corrected chi connectivity index (χ1v) is 9.00. The molecule has 1 aromatic heterocycles. The van der Waals surface area contributed by atoms with E-state index in [9.17, 15) is 4.79 Å². The Kier molecular flexibility index (Phi) is 4.61. The lowest BCUT2D eigenvalue weighted by molar-refractivity contribution is -0.169. The van der Waals surface area contributed by atoms with Gasteiger partial charge in [-0.3, -0.25) is 9.78 Å². The van der Waals surface area contributed by atoms with Crippen molar-refractivity contribution in [1.29, 1.82) is 0 Å². The van der Waals surface area contributed by atoms with Crippen molar-refractivity contribution in [2.24, 2.45) is 0 Å². The minimum atomic E-state index is -0.399. The molecule has 1 spiro atoms. The molecule has 1 aromatic carbocycles. The van der Waals surface area contributed by atoms with Gasteiger partial charge in [0.15, 0.2) is 5.79 Å². The van der Waals surface area contributed by atoms with Gasteiger partial charge in [0.2, 0.25) is 0 Å². The molecule has 0 saturated carbocycles. The number of pyridine rings is 1. The average Bonchev–Trinajstić information content (AvgIpc) is 3.12. The summed E-state index contributed by atoms with van der Waals surface area (Å²) in [5.74, 6) is -0.548. The molecule has 1 N–H and O–H groups in total. The van der Waals surface area contributed by atoms with Gasteiger partial charge in [-0.05, 0) is 24.6 Å². The van der Waals surface area contributed by atoms with Crippen molar-refractivity contribution in [3.63, 3.8) is 0 Å². The zero-order valence-electron chi connectivity index (χ0n) is 14.9. The van der Waals surface area contributed by atoms with E-state index in [0.29, 0.717) is 18.8 Å². The fraction of sp³-hybridized carbons (Fsp3) is 0.400. The van der Waals surface area contributed by atoms with Crippen molar-refractivity contribution in [1.82, 2.24) is 4.98 Å². The quantitative estimate of drug-likeness (QED) is 0.919. The zero-order chi connectivity index (χ0) is 18.0. The molecule has 2 aliphatic rings. The van der Waals surface area contributed by atoms with Crippen molar-refractivity contribution in [2.45, 2.75) is 25.6 Å². The van der Waals surface area contributed by atoms with Crippen molar-refractivity contribution in [2.75, 3.05) is 36.5 Å². The highest BCUT2D eigenvalue weighted by molar-refractivity contribution is 6.04. The summed E-state index contributed by atoms with van der Waals surface area (Å²) in [6, 6.07) is 9.63. The number of aryl methyl sites for hydroxylation is 1. The van der Waals surface area contributed by atoms with Crippen LogP contribution in [0, 0.1) is 6.92 Å². The molecule has 0 aliphatic carbocycles. The Morgan fingerprint density at radius 1 is 1.15 bits per heavy atom. The van der Waals surface area contributed by atoms with Crippen LogP contribution < -0.4 is 10.2 Å². The Balaban J connectivity index is 1.45. The van der Waals surface area contributed by atoms with Crippen molar-refractivity contribution < 1.29 is 14.3 Å². The van der Waals surface area contributed by atoms with Crippen LogP contribution in [-0.2, 0) is 9.47 Å². The SMILES string of the molecule is Cc1ccccc1NC(=O)c1cncc(N2CCC3(CC2)OCCO3)c1. The maximum atomic E-state index is 12.6. The van der Waals surface area contributed by atoms with E-state index in [1.54, 1.807) is 12.4 Å². The third-order valence-corrected chi connectivity index (χ3v) is 5.08. The number of carbonyl (C=O) groups is 1. The highest BCUT2D eigenvalue weighted by atomic mass is 16.7. The average molecular weight is 353 g/mol. The number of hydrogen-bond acceptors (Lipinski definition) is 5. The first-order chi connectivity index (χ1) is 12.7. The van der Waals surface area contributed by atoms with Gasteiger partial charge in [-0.2, -0.15) is 0 Å². The first-order valence-electron chi connectivity index (χ1n) is 9.00. The summed E-state index contributed by atoms with van der Waals surface area (Å²) < 4.78 is 11.6. The number of hydrogen-bond donors (Lipinski definition) is 1. The Bertz CT molecular complexity index is 792. The smallest absolute Gasteiger partial charge is 0.257 e. The van der Waals surface area contributed by atoms with Crippen LogP contribution in [0.25, 0.3) is 0 Å². The van der Waals surface area contributed by atoms with Crippen LogP contribution in [0.15, 0.2) is 42.7 Å². The van der Waals surface area contributed by atoms with Gasteiger partial charge in [0.05, 0.1) is 30.7 Å². The lowest BCUT2D eigenvalue weighted by Crippen LogP contribution is -2.45. The predicted molar refractivity (Wildman–Crippen MR) is 99.5 cm³/mol. The summed E-state index contributed by atoms with van der Waals surface area (Å²) >= 11 is 0. The number of rotatable bonds is 3. The van der Waals surface area contributed by atoms with Crippen LogP contribution in [0.2, 0.25) is 0 Å². The Morgan fingerprint density at radius 2 is 1.88 bits per heavy atom. The molecule has 1 amide bonds. The second-order valence-electron chi connectivity index (χ2n) is 6.80. The summed E-state index contributed by atoms with van der Waals surface area (Å²) in [4.78, 5) is 19.1. The number of para-hydroxylation sites is 1. The molecule has 3 heterocycles. The highest BCUT2D eigenvalue weighted by Gasteiger charge is 2.39. The molecule has 2 aromatic rings. The van der Waals surface area contributed by atoms with Crippen LogP contribution in [0.5, 0.6) is 0 Å². The van der Waals surface area contributed by atoms with Crippen LogP contribution >= 0.6 is 0 Å². The van der Waals surface area contributed by atoms with Crippen molar-refractivity contribution in [3.05, 3.63) is 53.9 Å². The molecule has 6 nitrogen and oxygen atoms in total. The second-order valence-corrected chi connectivity index (χ2v) is 6.80. The number of amides is 1. The van der Waals surface area contributed by atoms with E-state index in [4.69, 9.17) is 9.47 Å². The van der Waals surface area contributed by atoms with Crippen LogP contribution in [0.1, 0.15) is 28.8 Å². The summed E-state index contributed by atoms with van der Waals surface area (Å²) in [5.41, 5.74) is 3.36. The third-order valence-electron chi connectivity index (χ3n) is 5.08. The fourth-order valence-electron chi connectivity index (χ4n) is 3.52. The number of nitrogens with one attached hydrogen (secondary N) is 1. The van der Waals surface area contributed by atoms with Crippen molar-refractivity contribution >= 4 is 17.3 Å². The standard InChI is InChI=1S/C20H23N3O3/c1-15-4-2-3-5-18(15)22-19(24)16-12-17(14-21-13-16)23-8-6-20(7-9-23)25-10-11-26-20/h2-5,12-14H,6-11H2,1H3,(H,22,24). The lowest BCUT2D eigenvalue weighted by Gasteiger charge is -2.38. The van der Waals surface area contributed by atoms with Gasteiger partial charge < -0.3 is 19.7 Å². The van der Waals surface area contributed by atoms with Crippen molar-refractivity contribution in [3.8, 4) is 0 Å². The van der Waals surface area contributed by atoms with Gasteiger partial charge in [-0.15, -0.1) is 0 Å². The molecule has 0 radical (unpaired) electrons. The second kappa shape index (κ2) is 7.05. The molecule has 136 valence electrons. The van der Waals surface area contributed by atoms with Gasteiger partial charge in [0.1, 0.15) is 0 Å². The summed E-state index contributed by atoms with van der Waals surface area (Å²) in [6.45, 7) is 4.97. The molecule has 0 bridgehead atoms. The molecule has 2 aliphatic heterocycles. The van der Waals surface area contributed by atoms with E-state index in [1.807, 2.05) is 37.3 Å². The number of benzene rings is 1. The monoisotopic (exact) mass is 353 g/mol. The molecular weight excluding hydrogens is 330 g/mol. The van der Waals surface area contributed by atoms with Gasteiger partial charge in [-0.25, -0.2) is 0 Å². The highest BCUT2D eigenvalue weighted by Crippen LogP contribution is 2.33. The number of nitrogens with zero attached hydrogens (tertiary/aromatic N) is 2. The molecule has 2 saturated heterocycles. The van der Waals surface area contributed by atoms with E-state index < -0.39 is 5.79 Å². The molecule has 26 heavy (non-hydrogen) atoms. The molecule has 2 fully saturated rings. The van der Waals surface area contributed by atoms with E-state index >= 15 is 0 Å². The van der Waals surface area contributed by atoms with Crippen LogP contribution in [-0.4, -0.2) is 43.0 Å². The minimum Gasteiger partial charge on any atom is -0.370 e. The third kappa shape index (κ3) is 3.43. The number of piperidine rings is 1. The zero-order valence-corrected chi connectivity index (χ0v) is 14.9. The molecule has 0 atom stereocenters. The van der Waals surface area contributed by atoms with E-state index in [1.165, 1.54) is 0 Å². The van der Waals surface area contributed by atoms with Crippen LogP contribution in [0.3, 0.4) is 0 Å². The molecule has 6 heteroatoms. The lowest BCUT2D eigenvalue weighted by atomic mass is 10.0. The maximum absolute atomic E-state index is 12.6. The normalized spacial score (nSPS) is 18.9. The summed E-state index contributed by atoms with van der Waals surface area (Å²) in [5, 5.41) is 2.96.